The molecule has 0 unspecified atom stereocenters. The van der Waals surface area contributed by atoms with Gasteiger partial charge in [0.25, 0.3) is 0 Å². The number of hydrogen-bond acceptors (Lipinski definition) is 4. The first-order valence-corrected chi connectivity index (χ1v) is 11.2. The number of morpholine rings is 1. The van der Waals surface area contributed by atoms with Crippen molar-refractivity contribution in [2.24, 2.45) is 0 Å². The standard InChI is InChI=1S/C22H29F3N4O2/c23-22(24,25)20-2-1-9-29(20)17-5-3-15(4-6-17)16-12-28(13-16)21(30)27-10-7-19-18(14-27)26-8-11-31-19/h3-6,16,18-20,26H,1-2,7-14H2/t18-,19+,20+/m1/s1. The van der Waals surface area contributed by atoms with E-state index in [2.05, 4.69) is 5.32 Å². The lowest BCUT2D eigenvalue weighted by atomic mass is 9.91. The summed E-state index contributed by atoms with van der Waals surface area (Å²) in [6.45, 7) is 4.70. The summed E-state index contributed by atoms with van der Waals surface area (Å²) in [5.41, 5.74) is 1.71. The Morgan fingerprint density at radius 3 is 2.55 bits per heavy atom. The number of fused-ring (bicyclic) bond motifs is 1. The van der Waals surface area contributed by atoms with Gasteiger partial charge in [-0.15, -0.1) is 0 Å². The molecule has 0 spiro atoms. The number of nitrogens with one attached hydrogen (secondary N) is 1. The molecule has 31 heavy (non-hydrogen) atoms. The van der Waals surface area contributed by atoms with Gasteiger partial charge < -0.3 is 24.8 Å². The number of piperidine rings is 1. The van der Waals surface area contributed by atoms with Crippen molar-refractivity contribution in [1.29, 1.82) is 0 Å². The zero-order valence-electron chi connectivity index (χ0n) is 17.5. The molecule has 0 aliphatic carbocycles. The summed E-state index contributed by atoms with van der Waals surface area (Å²) in [7, 11) is 0. The smallest absolute Gasteiger partial charge is 0.375 e. The Morgan fingerprint density at radius 2 is 1.81 bits per heavy atom. The Morgan fingerprint density at radius 1 is 1.03 bits per heavy atom. The van der Waals surface area contributed by atoms with Crippen molar-refractivity contribution in [2.45, 2.75) is 49.5 Å². The molecule has 4 aliphatic heterocycles. The average molecular weight is 438 g/mol. The van der Waals surface area contributed by atoms with Crippen molar-refractivity contribution in [2.75, 3.05) is 50.8 Å². The first kappa shape index (κ1) is 20.9. The molecule has 6 nitrogen and oxygen atoms in total. The average Bonchev–Trinajstić information content (AvgIpc) is 3.23. The molecule has 2 amide bonds. The Hall–Kier alpha value is -2.00. The van der Waals surface area contributed by atoms with Crippen molar-refractivity contribution in [3.8, 4) is 0 Å². The highest BCUT2D eigenvalue weighted by Crippen LogP contribution is 2.37. The van der Waals surface area contributed by atoms with Crippen LogP contribution >= 0.6 is 0 Å². The van der Waals surface area contributed by atoms with Gasteiger partial charge in [-0.05, 0) is 37.0 Å². The van der Waals surface area contributed by atoms with Crippen LogP contribution in [0.5, 0.6) is 0 Å². The number of hydrogen-bond donors (Lipinski definition) is 1. The highest BCUT2D eigenvalue weighted by molar-refractivity contribution is 5.76. The third kappa shape index (κ3) is 4.09. The lowest BCUT2D eigenvalue weighted by Crippen LogP contribution is -2.62. The van der Waals surface area contributed by atoms with Gasteiger partial charge in [0, 0.05) is 50.9 Å². The van der Waals surface area contributed by atoms with E-state index in [1.54, 1.807) is 12.1 Å². The van der Waals surface area contributed by atoms with Crippen molar-refractivity contribution < 1.29 is 22.7 Å². The van der Waals surface area contributed by atoms with Crippen LogP contribution in [0.2, 0.25) is 0 Å². The molecule has 1 aromatic rings. The van der Waals surface area contributed by atoms with Crippen LogP contribution in [0.15, 0.2) is 24.3 Å². The van der Waals surface area contributed by atoms with E-state index in [9.17, 15) is 18.0 Å². The number of rotatable bonds is 2. The summed E-state index contributed by atoms with van der Waals surface area (Å²) < 4.78 is 45.5. The van der Waals surface area contributed by atoms with E-state index in [0.29, 0.717) is 44.8 Å². The highest BCUT2D eigenvalue weighted by Gasteiger charge is 2.46. The fraction of sp³-hybridized carbons (Fsp3) is 0.682. The molecule has 0 radical (unpaired) electrons. The third-order valence-corrected chi connectivity index (χ3v) is 7.14. The first-order valence-electron chi connectivity index (χ1n) is 11.2. The van der Waals surface area contributed by atoms with Crippen LogP contribution in [0.4, 0.5) is 23.7 Å². The molecule has 0 bridgehead atoms. The van der Waals surface area contributed by atoms with E-state index in [1.165, 1.54) is 4.90 Å². The number of benzene rings is 1. The Kier molecular flexibility index (Phi) is 5.50. The summed E-state index contributed by atoms with van der Waals surface area (Å²) in [6.07, 6.45) is -2.42. The van der Waals surface area contributed by atoms with Gasteiger partial charge in [0.15, 0.2) is 0 Å². The summed E-state index contributed by atoms with van der Waals surface area (Å²) in [4.78, 5) is 18.1. The fourth-order valence-corrected chi connectivity index (χ4v) is 5.35. The van der Waals surface area contributed by atoms with Crippen LogP contribution in [-0.2, 0) is 4.74 Å². The maximum atomic E-state index is 13.2. The van der Waals surface area contributed by atoms with Gasteiger partial charge in [0.05, 0.1) is 18.8 Å². The minimum Gasteiger partial charge on any atom is -0.375 e. The normalized spacial score (nSPS) is 29.6. The topological polar surface area (TPSA) is 48.1 Å². The van der Waals surface area contributed by atoms with Gasteiger partial charge in [-0.3, -0.25) is 0 Å². The van der Waals surface area contributed by atoms with Gasteiger partial charge in [-0.2, -0.15) is 13.2 Å². The zero-order valence-corrected chi connectivity index (χ0v) is 17.5. The quantitative estimate of drug-likeness (QED) is 0.772. The van der Waals surface area contributed by atoms with E-state index in [4.69, 9.17) is 4.74 Å². The number of amides is 2. The van der Waals surface area contributed by atoms with Gasteiger partial charge >= 0.3 is 12.2 Å². The number of halogens is 3. The predicted molar refractivity (Wildman–Crippen MR) is 110 cm³/mol. The van der Waals surface area contributed by atoms with Gasteiger partial charge in [-0.1, -0.05) is 12.1 Å². The molecule has 0 aromatic heterocycles. The Balaban J connectivity index is 1.15. The second kappa shape index (κ2) is 8.16. The lowest BCUT2D eigenvalue weighted by molar-refractivity contribution is -0.145. The summed E-state index contributed by atoms with van der Waals surface area (Å²) in [5, 5.41) is 3.44. The van der Waals surface area contributed by atoms with Gasteiger partial charge in [0.2, 0.25) is 0 Å². The molecule has 9 heteroatoms. The minimum atomic E-state index is -4.20. The number of alkyl halides is 3. The number of anilines is 1. The number of likely N-dealkylation sites (tertiary alicyclic amines) is 2. The molecule has 0 saturated carbocycles. The van der Waals surface area contributed by atoms with E-state index < -0.39 is 12.2 Å². The molecule has 4 saturated heterocycles. The molecular formula is C22H29F3N4O2. The maximum Gasteiger partial charge on any atom is 0.408 e. The lowest BCUT2D eigenvalue weighted by Gasteiger charge is -2.46. The molecule has 1 N–H and O–H groups in total. The van der Waals surface area contributed by atoms with Gasteiger partial charge in [0.1, 0.15) is 6.04 Å². The third-order valence-electron chi connectivity index (χ3n) is 7.14. The van der Waals surface area contributed by atoms with E-state index in [-0.39, 0.29) is 30.5 Å². The van der Waals surface area contributed by atoms with Crippen molar-refractivity contribution in [1.82, 2.24) is 15.1 Å². The molecule has 170 valence electrons. The number of nitrogens with zero attached hydrogens (tertiary/aromatic N) is 3. The van der Waals surface area contributed by atoms with Crippen LogP contribution in [0.1, 0.15) is 30.7 Å². The van der Waals surface area contributed by atoms with Crippen molar-refractivity contribution >= 4 is 11.7 Å². The molecule has 4 aliphatic rings. The fourth-order valence-electron chi connectivity index (χ4n) is 5.35. The monoisotopic (exact) mass is 438 g/mol. The predicted octanol–water partition coefficient (Wildman–Crippen LogP) is 2.80. The molecule has 1 aromatic carbocycles. The zero-order chi connectivity index (χ0) is 21.6. The van der Waals surface area contributed by atoms with E-state index in [0.717, 1.165) is 25.1 Å². The van der Waals surface area contributed by atoms with Crippen LogP contribution < -0.4 is 10.2 Å². The molecule has 5 rings (SSSR count). The number of carbonyl (C=O) groups is 1. The number of carbonyl (C=O) groups excluding carboxylic acids is 1. The molecule has 4 heterocycles. The minimum absolute atomic E-state index is 0.0729. The van der Waals surface area contributed by atoms with E-state index in [1.807, 2.05) is 21.9 Å². The summed E-state index contributed by atoms with van der Waals surface area (Å²) >= 11 is 0. The van der Waals surface area contributed by atoms with Crippen molar-refractivity contribution in [3.63, 3.8) is 0 Å². The van der Waals surface area contributed by atoms with Crippen LogP contribution in [0.3, 0.4) is 0 Å². The molecule has 4 fully saturated rings. The van der Waals surface area contributed by atoms with Crippen LogP contribution in [0, 0.1) is 0 Å². The van der Waals surface area contributed by atoms with E-state index >= 15 is 0 Å². The summed E-state index contributed by atoms with van der Waals surface area (Å²) in [5.74, 6) is 0.240. The second-order valence-corrected chi connectivity index (χ2v) is 9.07. The van der Waals surface area contributed by atoms with Crippen molar-refractivity contribution in [3.05, 3.63) is 29.8 Å². The number of ether oxygens (including phenoxy) is 1. The molecule has 3 atom stereocenters. The second-order valence-electron chi connectivity index (χ2n) is 9.07. The summed E-state index contributed by atoms with van der Waals surface area (Å²) in [6, 6.07) is 6.33. The number of urea groups is 1. The Bertz CT molecular complexity index is 797. The largest absolute Gasteiger partial charge is 0.408 e. The van der Waals surface area contributed by atoms with Crippen LogP contribution in [-0.4, -0.2) is 86.1 Å². The SMILES string of the molecule is O=C(N1CC(c2ccc(N3CCC[C@H]3C(F)(F)F)cc2)C1)N1CC[C@@H]2OCCN[C@@H]2C1. The van der Waals surface area contributed by atoms with Gasteiger partial charge in [-0.25, -0.2) is 4.79 Å². The molecular weight excluding hydrogens is 409 g/mol. The Labute approximate surface area is 180 Å². The highest BCUT2D eigenvalue weighted by atomic mass is 19.4. The van der Waals surface area contributed by atoms with Crippen LogP contribution in [0.25, 0.3) is 0 Å². The first-order chi connectivity index (χ1) is 14.9. The maximum absolute atomic E-state index is 13.2.